The molecule has 1 aromatic carbocycles. The molecule has 5 nitrogen and oxygen atoms in total. The number of hydrogen-bond acceptors (Lipinski definition) is 4. The van der Waals surface area contributed by atoms with Gasteiger partial charge < -0.3 is 9.47 Å². The van der Waals surface area contributed by atoms with Crippen LogP contribution in [0.15, 0.2) is 30.3 Å². The molecule has 5 heteroatoms. The zero-order valence-electron chi connectivity index (χ0n) is 16.0. The number of rotatable bonds is 11. The molecule has 26 heavy (non-hydrogen) atoms. The molecule has 0 N–H and O–H groups in total. The van der Waals surface area contributed by atoms with E-state index < -0.39 is 24.2 Å². The first-order valence-electron chi connectivity index (χ1n) is 9.76. The third kappa shape index (κ3) is 5.75. The Hall–Kier alpha value is -2.04. The van der Waals surface area contributed by atoms with E-state index in [0.29, 0.717) is 13.0 Å². The normalized spacial score (nSPS) is 19.5. The molecule has 1 aromatic rings. The molecule has 0 unspecified atom stereocenters. The van der Waals surface area contributed by atoms with E-state index in [1.807, 2.05) is 30.3 Å². The third-order valence-corrected chi connectivity index (χ3v) is 4.91. The predicted octanol–water partition coefficient (Wildman–Crippen LogP) is 4.69. The number of cyclic esters (lactones) is 1. The number of nitrogens with zero attached hydrogens (tertiary/aromatic N) is 1. The second-order valence-electron chi connectivity index (χ2n) is 6.91. The molecular weight excluding hydrogens is 330 g/mol. The van der Waals surface area contributed by atoms with E-state index in [0.717, 1.165) is 18.4 Å². The van der Waals surface area contributed by atoms with Crippen LogP contribution < -0.4 is 0 Å². The molecule has 2 rings (SSSR count). The number of amides is 1. The minimum atomic E-state index is -0.659. The van der Waals surface area contributed by atoms with E-state index in [-0.39, 0.29) is 0 Å². The molecule has 144 valence electrons. The van der Waals surface area contributed by atoms with Crippen molar-refractivity contribution in [2.24, 2.45) is 0 Å². The summed E-state index contributed by atoms with van der Waals surface area (Å²) in [5, 5.41) is 0. The highest BCUT2D eigenvalue weighted by Crippen LogP contribution is 2.27. The van der Waals surface area contributed by atoms with Crippen molar-refractivity contribution in [2.75, 3.05) is 7.11 Å². The number of benzene rings is 1. The summed E-state index contributed by atoms with van der Waals surface area (Å²) in [6, 6.07) is 8.97. The molecule has 0 radical (unpaired) electrons. The molecule has 0 spiro atoms. The number of ether oxygens (including phenoxy) is 2. The fourth-order valence-corrected chi connectivity index (χ4v) is 3.44. The molecule has 0 saturated carbocycles. The van der Waals surface area contributed by atoms with Crippen molar-refractivity contribution in [3.05, 3.63) is 35.9 Å². The fraction of sp³-hybridized carbons (Fsp3) is 0.619. The summed E-state index contributed by atoms with van der Waals surface area (Å²) < 4.78 is 10.5. The molecule has 1 saturated heterocycles. The van der Waals surface area contributed by atoms with E-state index in [9.17, 15) is 9.59 Å². The quantitative estimate of drug-likeness (QED) is 0.424. The summed E-state index contributed by atoms with van der Waals surface area (Å²) in [4.78, 5) is 26.1. The van der Waals surface area contributed by atoms with Gasteiger partial charge in [-0.1, -0.05) is 75.8 Å². The monoisotopic (exact) mass is 361 g/mol. The van der Waals surface area contributed by atoms with E-state index in [2.05, 4.69) is 6.92 Å². The van der Waals surface area contributed by atoms with Gasteiger partial charge in [0.05, 0.1) is 13.7 Å². The first kappa shape index (κ1) is 20.3. The summed E-state index contributed by atoms with van der Waals surface area (Å²) in [6.07, 6.45) is 8.16. The minimum absolute atomic E-state index is 0.354. The SMILES string of the molecule is CCCCCCCCC[C@@H]1OC(=O)N(Cc2ccccc2)[C@H]1C(=O)OC. The standard InChI is InChI=1S/C21H31NO4/c1-3-4-5-6-7-8-12-15-18-19(20(23)25-2)22(21(24)26-18)16-17-13-10-9-11-14-17/h9-11,13-14,18-19H,3-8,12,15-16H2,1-2H3/t18-,19+/m0/s1. The lowest BCUT2D eigenvalue weighted by Crippen LogP contribution is -2.43. The van der Waals surface area contributed by atoms with E-state index in [1.54, 1.807) is 0 Å². The van der Waals surface area contributed by atoms with Crippen LogP contribution in [0.1, 0.15) is 63.9 Å². The van der Waals surface area contributed by atoms with Gasteiger partial charge in [0.15, 0.2) is 6.04 Å². The van der Waals surface area contributed by atoms with Crippen molar-refractivity contribution in [3.8, 4) is 0 Å². The van der Waals surface area contributed by atoms with E-state index in [4.69, 9.17) is 9.47 Å². The first-order chi connectivity index (χ1) is 12.7. The Kier molecular flexibility index (Phi) is 8.45. The van der Waals surface area contributed by atoms with Crippen molar-refractivity contribution in [1.82, 2.24) is 4.90 Å². The van der Waals surface area contributed by atoms with Crippen molar-refractivity contribution < 1.29 is 19.1 Å². The maximum atomic E-state index is 12.3. The lowest BCUT2D eigenvalue weighted by Gasteiger charge is -2.22. The highest BCUT2D eigenvalue weighted by atomic mass is 16.6. The number of esters is 1. The molecule has 1 aliphatic rings. The van der Waals surface area contributed by atoms with Crippen molar-refractivity contribution in [3.63, 3.8) is 0 Å². The molecular formula is C21H31NO4. The summed E-state index contributed by atoms with van der Waals surface area (Å²) in [5.74, 6) is -0.403. The van der Waals surface area contributed by atoms with Gasteiger partial charge in [-0.25, -0.2) is 9.59 Å². The van der Waals surface area contributed by atoms with Gasteiger partial charge in [0, 0.05) is 0 Å². The molecule has 0 aliphatic carbocycles. The van der Waals surface area contributed by atoms with Gasteiger partial charge in [-0.05, 0) is 18.4 Å². The topological polar surface area (TPSA) is 55.8 Å². The smallest absolute Gasteiger partial charge is 0.411 e. The number of hydrogen-bond donors (Lipinski definition) is 0. The number of unbranched alkanes of at least 4 members (excludes halogenated alkanes) is 6. The maximum absolute atomic E-state index is 12.3. The summed E-state index contributed by atoms with van der Waals surface area (Å²) >= 11 is 0. The van der Waals surface area contributed by atoms with Gasteiger partial charge in [0.1, 0.15) is 6.10 Å². The van der Waals surface area contributed by atoms with E-state index in [1.165, 1.54) is 44.1 Å². The van der Waals surface area contributed by atoms with E-state index >= 15 is 0 Å². The molecule has 0 bridgehead atoms. The molecule has 1 fully saturated rings. The zero-order valence-corrected chi connectivity index (χ0v) is 16.0. The summed E-state index contributed by atoms with van der Waals surface area (Å²) in [6.45, 7) is 2.57. The van der Waals surface area contributed by atoms with Crippen molar-refractivity contribution in [2.45, 2.75) is 77.0 Å². The number of methoxy groups -OCH3 is 1. The summed E-state index contributed by atoms with van der Waals surface area (Å²) in [5.41, 5.74) is 0.968. The van der Waals surface area contributed by atoms with Gasteiger partial charge >= 0.3 is 12.1 Å². The molecule has 0 aromatic heterocycles. The van der Waals surface area contributed by atoms with Crippen LogP contribution in [0.3, 0.4) is 0 Å². The maximum Gasteiger partial charge on any atom is 0.411 e. The van der Waals surface area contributed by atoms with Gasteiger partial charge in [-0.15, -0.1) is 0 Å². The van der Waals surface area contributed by atoms with Crippen LogP contribution in [-0.2, 0) is 20.8 Å². The lowest BCUT2D eigenvalue weighted by atomic mass is 10.0. The van der Waals surface area contributed by atoms with Crippen LogP contribution in [0, 0.1) is 0 Å². The largest absolute Gasteiger partial charge is 0.467 e. The predicted molar refractivity (Wildman–Crippen MR) is 101 cm³/mol. The Bertz CT molecular complexity index is 560. The Morgan fingerprint density at radius 2 is 1.73 bits per heavy atom. The van der Waals surface area contributed by atoms with Gasteiger partial charge in [-0.3, -0.25) is 4.90 Å². The first-order valence-corrected chi connectivity index (χ1v) is 9.76. The lowest BCUT2D eigenvalue weighted by molar-refractivity contribution is -0.146. The highest BCUT2D eigenvalue weighted by Gasteiger charge is 2.46. The van der Waals surface area contributed by atoms with Crippen LogP contribution in [0.2, 0.25) is 0 Å². The molecule has 1 aliphatic heterocycles. The third-order valence-electron chi connectivity index (χ3n) is 4.91. The second-order valence-corrected chi connectivity index (χ2v) is 6.91. The summed E-state index contributed by atoms with van der Waals surface area (Å²) in [7, 11) is 1.36. The highest BCUT2D eigenvalue weighted by molar-refractivity contribution is 5.85. The second kappa shape index (κ2) is 10.8. The van der Waals surface area contributed by atoms with Crippen LogP contribution in [0.25, 0.3) is 0 Å². The van der Waals surface area contributed by atoms with Gasteiger partial charge in [-0.2, -0.15) is 0 Å². The molecule has 1 heterocycles. The zero-order chi connectivity index (χ0) is 18.8. The average Bonchev–Trinajstić information content (AvgIpc) is 2.96. The van der Waals surface area contributed by atoms with Crippen LogP contribution in [0.4, 0.5) is 4.79 Å². The van der Waals surface area contributed by atoms with Gasteiger partial charge in [0.2, 0.25) is 0 Å². The number of carbonyl (C=O) groups is 2. The van der Waals surface area contributed by atoms with Crippen molar-refractivity contribution >= 4 is 12.1 Å². The Morgan fingerprint density at radius 3 is 2.38 bits per heavy atom. The van der Waals surface area contributed by atoms with Gasteiger partial charge in [0.25, 0.3) is 0 Å². The van der Waals surface area contributed by atoms with Crippen molar-refractivity contribution in [1.29, 1.82) is 0 Å². The average molecular weight is 361 g/mol. The fourth-order valence-electron chi connectivity index (χ4n) is 3.44. The number of carbonyl (C=O) groups excluding carboxylic acids is 2. The van der Waals surface area contributed by atoms with Crippen LogP contribution in [-0.4, -0.2) is 36.2 Å². The Labute approximate surface area is 156 Å². The Morgan fingerprint density at radius 1 is 1.08 bits per heavy atom. The molecule has 2 atom stereocenters. The minimum Gasteiger partial charge on any atom is -0.467 e. The van der Waals surface area contributed by atoms with Crippen LogP contribution >= 0.6 is 0 Å². The molecule has 1 amide bonds. The Balaban J connectivity index is 1.89. The van der Waals surface area contributed by atoms with Crippen LogP contribution in [0.5, 0.6) is 0 Å².